The van der Waals surface area contributed by atoms with Crippen LogP contribution in [0.1, 0.15) is 97.6 Å². The molecule has 0 spiro atoms. The van der Waals surface area contributed by atoms with Crippen molar-refractivity contribution < 1.29 is 9.53 Å². The molecule has 3 N–H and O–H groups in total. The predicted octanol–water partition coefficient (Wildman–Crippen LogP) is 7.16. The molecule has 1 saturated carbocycles. The van der Waals surface area contributed by atoms with Gasteiger partial charge < -0.3 is 20.4 Å². The highest BCUT2D eigenvalue weighted by molar-refractivity contribution is 6.12. The van der Waals surface area contributed by atoms with Crippen LogP contribution in [-0.2, 0) is 18.9 Å². The van der Waals surface area contributed by atoms with Crippen LogP contribution in [0, 0.1) is 5.92 Å². The van der Waals surface area contributed by atoms with Crippen LogP contribution in [0.15, 0.2) is 47.7 Å². The summed E-state index contributed by atoms with van der Waals surface area (Å²) in [5, 5.41) is 11.5. The maximum Gasteiger partial charge on any atom is 0.329 e. The Balaban J connectivity index is 0.000000603. The molecule has 11 heteroatoms. The van der Waals surface area contributed by atoms with Crippen molar-refractivity contribution in [3.63, 3.8) is 0 Å². The molecule has 1 amide bonds. The van der Waals surface area contributed by atoms with Crippen molar-refractivity contribution in [3.8, 4) is 17.1 Å². The first-order chi connectivity index (χ1) is 23.5. The van der Waals surface area contributed by atoms with Gasteiger partial charge in [-0.05, 0) is 71.3 Å². The Morgan fingerprint density at radius 3 is 2.55 bits per heavy atom. The first-order valence-corrected chi connectivity index (χ1v) is 17.7. The molecule has 4 heterocycles. The Kier molecular flexibility index (Phi) is 12.7. The summed E-state index contributed by atoms with van der Waals surface area (Å²) in [6.45, 7) is 14.1. The zero-order valence-corrected chi connectivity index (χ0v) is 30.9. The van der Waals surface area contributed by atoms with Gasteiger partial charge in [0.05, 0.1) is 41.0 Å². The lowest BCUT2D eigenvalue weighted by atomic mass is 9.98. The topological polar surface area (TPSA) is 124 Å². The molecule has 0 bridgehead atoms. The lowest BCUT2D eigenvalue weighted by molar-refractivity contribution is -0.122. The summed E-state index contributed by atoms with van der Waals surface area (Å²) < 4.78 is 11.0. The largest absolute Gasteiger partial charge is 0.479 e. The summed E-state index contributed by atoms with van der Waals surface area (Å²) in [6.07, 6.45) is 17.8. The molecule has 0 radical (unpaired) electrons. The number of fused-ring (bicyclic) bond motifs is 3. The van der Waals surface area contributed by atoms with Crippen molar-refractivity contribution in [2.45, 2.75) is 98.1 Å². The summed E-state index contributed by atoms with van der Waals surface area (Å²) in [4.78, 5) is 34.5. The van der Waals surface area contributed by atoms with E-state index in [1.165, 1.54) is 12.8 Å². The molecule has 5 rings (SSSR count). The van der Waals surface area contributed by atoms with Crippen molar-refractivity contribution in [3.05, 3.63) is 58.9 Å². The number of unbranched alkanes of at least 4 members (excludes halogenated alkanes) is 1. The molecule has 0 saturated heterocycles. The Labute approximate surface area is 290 Å². The van der Waals surface area contributed by atoms with Crippen molar-refractivity contribution in [1.29, 1.82) is 0 Å². The first-order valence-electron chi connectivity index (χ1n) is 17.7. The number of pyridine rings is 1. The molecule has 1 aliphatic carbocycles. The van der Waals surface area contributed by atoms with Gasteiger partial charge in [-0.25, -0.2) is 9.78 Å². The van der Waals surface area contributed by atoms with E-state index >= 15 is 0 Å². The quantitative estimate of drug-likeness (QED) is 0.115. The van der Waals surface area contributed by atoms with E-state index in [-0.39, 0.29) is 29.6 Å². The van der Waals surface area contributed by atoms with Crippen LogP contribution in [-0.4, -0.2) is 55.0 Å². The van der Waals surface area contributed by atoms with Crippen LogP contribution in [0.3, 0.4) is 0 Å². The van der Waals surface area contributed by atoms with Gasteiger partial charge >= 0.3 is 5.69 Å². The summed E-state index contributed by atoms with van der Waals surface area (Å²) in [5.74, 6) is 0.837. The fourth-order valence-corrected chi connectivity index (χ4v) is 6.35. The second-order valence-corrected chi connectivity index (χ2v) is 13.1. The van der Waals surface area contributed by atoms with E-state index in [4.69, 9.17) is 9.72 Å². The summed E-state index contributed by atoms with van der Waals surface area (Å²) in [6, 6.07) is -0.00622. The minimum absolute atomic E-state index is 0.0429. The Morgan fingerprint density at radius 1 is 1.22 bits per heavy atom. The van der Waals surface area contributed by atoms with Gasteiger partial charge in [0.25, 0.3) is 0 Å². The number of methoxy groups -OCH3 is 1. The van der Waals surface area contributed by atoms with Crippen LogP contribution in [0.25, 0.3) is 38.9 Å². The highest BCUT2D eigenvalue weighted by Crippen LogP contribution is 2.42. The molecular formula is C38H56N8O3. The summed E-state index contributed by atoms with van der Waals surface area (Å²) in [7, 11) is 7.20. The van der Waals surface area contributed by atoms with E-state index in [0.29, 0.717) is 11.5 Å². The number of hydrogen-bond donors (Lipinski definition) is 3. The number of carbonyl (C=O) groups is 1. The van der Waals surface area contributed by atoms with Crippen molar-refractivity contribution in [2.24, 2.45) is 20.0 Å². The smallest absolute Gasteiger partial charge is 0.329 e. The van der Waals surface area contributed by atoms with Gasteiger partial charge in [0.2, 0.25) is 11.8 Å². The number of rotatable bonds is 15. The molecular weight excluding hydrogens is 616 g/mol. The number of aromatic nitrogens is 6. The number of nitrogens with zero attached hydrogens (tertiary/aromatic N) is 5. The minimum Gasteiger partial charge on any atom is -0.479 e. The Morgan fingerprint density at radius 2 is 1.96 bits per heavy atom. The highest BCUT2D eigenvalue weighted by Gasteiger charge is 2.31. The molecule has 11 nitrogen and oxygen atoms in total. The van der Waals surface area contributed by atoms with Gasteiger partial charge in [-0.2, -0.15) is 0 Å². The van der Waals surface area contributed by atoms with Crippen molar-refractivity contribution in [1.82, 2.24) is 39.5 Å². The van der Waals surface area contributed by atoms with Gasteiger partial charge in [0, 0.05) is 56.6 Å². The second-order valence-electron chi connectivity index (χ2n) is 13.1. The van der Waals surface area contributed by atoms with Gasteiger partial charge in [-0.3, -0.25) is 18.6 Å². The number of carbonyl (C=O) groups excluding carboxylic acids is 1. The number of aromatic amines is 1. The lowest BCUT2D eigenvalue weighted by Gasteiger charge is -2.21. The third-order valence-electron chi connectivity index (χ3n) is 9.37. The zero-order chi connectivity index (χ0) is 35.8. The van der Waals surface area contributed by atoms with Crippen LogP contribution in [0.4, 0.5) is 0 Å². The molecule has 0 aromatic carbocycles. The van der Waals surface area contributed by atoms with E-state index in [1.54, 1.807) is 29.6 Å². The normalized spacial score (nSPS) is 14.6. The summed E-state index contributed by atoms with van der Waals surface area (Å²) in [5.41, 5.74) is 7.00. The number of H-pyrrole nitrogens is 1. The standard InChI is InChI=1S/C31H41N7O3.C7H15N/c1-8-11-19(9-2)24-25-27-23(16-32-28(25)34-26(24)22-17-36(5)35-30(22)41-7)37(6)31(40)38(27)21(10-3)15-12-18(4)33-29(39)20-13-14-20;1-4-5-6-7(2)8-3/h8-9,11,16-18,20-21H,10,12-15H2,1-7H3,(H,32,34)(H,33,39);8H,2,4-6H2,1,3H3/b11-8-,19-9+;. The van der Waals surface area contributed by atoms with Gasteiger partial charge in [-0.1, -0.05) is 45.1 Å². The average Bonchev–Trinajstić information content (AvgIpc) is 3.72. The minimum atomic E-state index is -0.0726. The molecule has 4 aromatic rings. The van der Waals surface area contributed by atoms with E-state index in [9.17, 15) is 9.59 Å². The lowest BCUT2D eigenvalue weighted by Crippen LogP contribution is -2.34. The Hall–Kier alpha value is -4.54. The molecule has 49 heavy (non-hydrogen) atoms. The van der Waals surface area contributed by atoms with Crippen LogP contribution in [0.2, 0.25) is 0 Å². The Bertz CT molecular complexity index is 1880. The molecule has 2 atom stereocenters. The number of hydrogen-bond acceptors (Lipinski definition) is 6. The van der Waals surface area contributed by atoms with Gasteiger partial charge in [-0.15, -0.1) is 5.10 Å². The predicted molar refractivity (Wildman–Crippen MR) is 201 cm³/mol. The SMILES string of the molecule is C/C=C\C(=C/C)c1c(-c2cn(C)nc2OC)[nH]c2ncc3c(c12)n(C(CC)CCC(C)NC(=O)C1CC1)c(=O)n3C.C=C(CCCC)NC. The molecule has 1 aliphatic rings. The van der Waals surface area contributed by atoms with E-state index in [0.717, 1.165) is 83.0 Å². The highest BCUT2D eigenvalue weighted by atomic mass is 16.5. The number of allylic oxidation sites excluding steroid dienone is 5. The van der Waals surface area contributed by atoms with Gasteiger partial charge in [0.1, 0.15) is 5.65 Å². The van der Waals surface area contributed by atoms with E-state index in [1.807, 2.05) is 51.7 Å². The van der Waals surface area contributed by atoms with Crippen LogP contribution in [0.5, 0.6) is 5.88 Å². The van der Waals surface area contributed by atoms with Crippen molar-refractivity contribution >= 4 is 33.5 Å². The third kappa shape index (κ3) is 8.20. The molecule has 4 aromatic heterocycles. The monoisotopic (exact) mass is 672 g/mol. The molecule has 266 valence electrons. The summed E-state index contributed by atoms with van der Waals surface area (Å²) >= 11 is 0. The number of nitrogens with one attached hydrogen (secondary N) is 3. The fourth-order valence-electron chi connectivity index (χ4n) is 6.35. The third-order valence-corrected chi connectivity index (χ3v) is 9.37. The molecule has 1 fully saturated rings. The molecule has 2 unspecified atom stereocenters. The number of imidazole rings is 1. The number of amides is 1. The van der Waals surface area contributed by atoms with Crippen LogP contribution >= 0.6 is 0 Å². The van der Waals surface area contributed by atoms with Gasteiger partial charge in [0.15, 0.2) is 0 Å². The zero-order valence-electron chi connectivity index (χ0n) is 30.9. The maximum atomic E-state index is 13.9. The number of ether oxygens (including phenoxy) is 1. The van der Waals surface area contributed by atoms with E-state index in [2.05, 4.69) is 53.3 Å². The maximum absolute atomic E-state index is 13.9. The first kappa shape index (κ1) is 37.3. The number of aryl methyl sites for hydroxylation is 2. The fraction of sp³-hybridized carbons (Fsp3) is 0.526. The van der Waals surface area contributed by atoms with E-state index < -0.39 is 0 Å². The molecule has 0 aliphatic heterocycles. The van der Waals surface area contributed by atoms with Crippen LogP contribution < -0.4 is 21.1 Å². The van der Waals surface area contributed by atoms with Crippen molar-refractivity contribution in [2.75, 3.05) is 14.2 Å². The second kappa shape index (κ2) is 16.7. The average molecular weight is 673 g/mol.